The van der Waals surface area contributed by atoms with E-state index in [0.29, 0.717) is 3.57 Å². The highest BCUT2D eigenvalue weighted by Crippen LogP contribution is 2.32. The summed E-state index contributed by atoms with van der Waals surface area (Å²) in [5, 5.41) is 2.34. The summed E-state index contributed by atoms with van der Waals surface area (Å²) in [7, 11) is -3.35. The maximum atomic E-state index is 12.7. The van der Waals surface area contributed by atoms with Gasteiger partial charge in [0.2, 0.25) is 5.91 Å². The second-order valence-corrected chi connectivity index (χ2v) is 8.89. The van der Waals surface area contributed by atoms with E-state index in [1.54, 1.807) is 36.4 Å². The topological polar surface area (TPSA) is 63.2 Å². The van der Waals surface area contributed by atoms with E-state index in [4.69, 9.17) is 0 Å². The highest BCUT2D eigenvalue weighted by Gasteiger charge is 2.31. The molecule has 0 unspecified atom stereocenters. The summed E-state index contributed by atoms with van der Waals surface area (Å²) in [6, 6.07) is 3.00. The van der Waals surface area contributed by atoms with Crippen LogP contribution in [-0.4, -0.2) is 25.8 Å². The first kappa shape index (κ1) is 20.2. The van der Waals surface area contributed by atoms with Crippen molar-refractivity contribution in [2.75, 3.05) is 16.8 Å². The zero-order chi connectivity index (χ0) is 17.8. The number of anilines is 1. The van der Waals surface area contributed by atoms with Gasteiger partial charge < -0.3 is 5.32 Å². The molecule has 0 saturated heterocycles. The number of benzene rings is 1. The van der Waals surface area contributed by atoms with Gasteiger partial charge in [-0.3, -0.25) is 4.79 Å². The summed E-state index contributed by atoms with van der Waals surface area (Å²) in [4.78, 5) is 11.8. The lowest BCUT2D eigenvalue weighted by Gasteiger charge is -2.12. The highest BCUT2D eigenvalue weighted by atomic mass is 127. The van der Waals surface area contributed by atoms with Gasteiger partial charge in [-0.25, -0.2) is 8.42 Å². The van der Waals surface area contributed by atoms with Gasteiger partial charge in [-0.2, -0.15) is 13.2 Å². The molecule has 0 atom stereocenters. The van der Waals surface area contributed by atoms with Crippen molar-refractivity contribution in [2.45, 2.75) is 26.4 Å². The molecule has 0 bridgehead atoms. The molecule has 9 heteroatoms. The molecule has 23 heavy (non-hydrogen) atoms. The molecule has 130 valence electrons. The SMILES string of the molecule is CC(C)CS(=O)(=O)CCC(=O)Nc1cc(C(F)(F)F)ccc1I. The Morgan fingerprint density at radius 1 is 1.30 bits per heavy atom. The van der Waals surface area contributed by atoms with Crippen molar-refractivity contribution in [1.82, 2.24) is 0 Å². The fourth-order valence-electron chi connectivity index (χ4n) is 1.85. The van der Waals surface area contributed by atoms with Crippen LogP contribution in [0, 0.1) is 9.49 Å². The number of nitrogens with one attached hydrogen (secondary N) is 1. The lowest BCUT2D eigenvalue weighted by Crippen LogP contribution is -2.21. The van der Waals surface area contributed by atoms with Gasteiger partial charge in [-0.05, 0) is 46.7 Å². The Morgan fingerprint density at radius 3 is 2.43 bits per heavy atom. The number of amides is 1. The third-order valence-corrected chi connectivity index (χ3v) is 5.74. The van der Waals surface area contributed by atoms with E-state index in [-0.39, 0.29) is 29.5 Å². The zero-order valence-corrected chi connectivity index (χ0v) is 15.5. The van der Waals surface area contributed by atoms with E-state index >= 15 is 0 Å². The summed E-state index contributed by atoms with van der Waals surface area (Å²) in [6.07, 6.45) is -4.80. The van der Waals surface area contributed by atoms with Crippen LogP contribution >= 0.6 is 22.6 Å². The molecular weight excluding hydrogens is 446 g/mol. The lowest BCUT2D eigenvalue weighted by atomic mass is 10.2. The first-order chi connectivity index (χ1) is 10.4. The van der Waals surface area contributed by atoms with Crippen molar-refractivity contribution in [1.29, 1.82) is 0 Å². The van der Waals surface area contributed by atoms with Gasteiger partial charge in [-0.1, -0.05) is 13.8 Å². The monoisotopic (exact) mass is 463 g/mol. The number of carbonyl (C=O) groups excluding carboxylic acids is 1. The number of sulfone groups is 1. The normalized spacial score (nSPS) is 12.5. The lowest BCUT2D eigenvalue weighted by molar-refractivity contribution is -0.137. The Morgan fingerprint density at radius 2 is 1.91 bits per heavy atom. The van der Waals surface area contributed by atoms with Crippen molar-refractivity contribution in [3.8, 4) is 0 Å². The number of alkyl halides is 3. The molecule has 0 heterocycles. The van der Waals surface area contributed by atoms with Gasteiger partial charge >= 0.3 is 6.18 Å². The van der Waals surface area contributed by atoms with Crippen molar-refractivity contribution in [3.05, 3.63) is 27.3 Å². The number of rotatable bonds is 6. The second-order valence-electron chi connectivity index (χ2n) is 5.50. The predicted molar refractivity (Wildman–Crippen MR) is 90.9 cm³/mol. The van der Waals surface area contributed by atoms with Crippen LogP contribution in [0.4, 0.5) is 18.9 Å². The van der Waals surface area contributed by atoms with Crippen LogP contribution in [0.3, 0.4) is 0 Å². The molecule has 0 aliphatic rings. The summed E-state index contributed by atoms with van der Waals surface area (Å²) < 4.78 is 61.9. The zero-order valence-electron chi connectivity index (χ0n) is 12.6. The first-order valence-corrected chi connectivity index (χ1v) is 9.68. The summed E-state index contributed by atoms with van der Waals surface area (Å²) in [5.74, 6) is -1.03. The van der Waals surface area contributed by atoms with Crippen LogP contribution < -0.4 is 5.32 Å². The smallest absolute Gasteiger partial charge is 0.325 e. The number of hydrogen-bond acceptors (Lipinski definition) is 3. The van der Waals surface area contributed by atoms with Gasteiger partial charge in [0.1, 0.15) is 0 Å². The minimum atomic E-state index is -4.51. The molecule has 1 aromatic carbocycles. The third-order valence-electron chi connectivity index (χ3n) is 2.80. The Balaban J connectivity index is 2.75. The van der Waals surface area contributed by atoms with Gasteiger partial charge in [0, 0.05) is 9.99 Å². The van der Waals surface area contributed by atoms with Gasteiger partial charge in [0.15, 0.2) is 9.84 Å². The quantitative estimate of drug-likeness (QED) is 0.655. The Bertz CT molecular complexity index is 672. The molecule has 1 amide bonds. The van der Waals surface area contributed by atoms with Crippen molar-refractivity contribution in [3.63, 3.8) is 0 Å². The molecule has 1 N–H and O–H groups in total. The molecule has 0 saturated carbocycles. The van der Waals surface area contributed by atoms with Gasteiger partial charge in [0.05, 0.1) is 22.8 Å². The van der Waals surface area contributed by atoms with Crippen molar-refractivity contribution in [2.24, 2.45) is 5.92 Å². The molecule has 0 fully saturated rings. The molecule has 0 aliphatic carbocycles. The Hall–Kier alpha value is -0.840. The average molecular weight is 463 g/mol. The fraction of sp³-hybridized carbons (Fsp3) is 0.500. The maximum Gasteiger partial charge on any atom is 0.416 e. The van der Waals surface area contributed by atoms with Crippen LogP contribution in [-0.2, 0) is 20.8 Å². The van der Waals surface area contributed by atoms with Crippen molar-refractivity contribution >= 4 is 44.0 Å². The minimum absolute atomic E-state index is 0.0201. The fourth-order valence-corrected chi connectivity index (χ4v) is 4.00. The van der Waals surface area contributed by atoms with E-state index in [1.165, 1.54) is 6.07 Å². The molecular formula is C14H17F3INO3S. The first-order valence-electron chi connectivity index (χ1n) is 6.78. The molecule has 0 aliphatic heterocycles. The van der Waals surface area contributed by atoms with Gasteiger partial charge in [0.25, 0.3) is 0 Å². The van der Waals surface area contributed by atoms with E-state index in [0.717, 1.165) is 12.1 Å². The molecule has 1 rings (SSSR count). The molecule has 4 nitrogen and oxygen atoms in total. The van der Waals surface area contributed by atoms with E-state index in [1.807, 2.05) is 0 Å². The van der Waals surface area contributed by atoms with Crippen LogP contribution in [0.25, 0.3) is 0 Å². The van der Waals surface area contributed by atoms with Crippen LogP contribution in [0.5, 0.6) is 0 Å². The summed E-state index contributed by atoms with van der Waals surface area (Å²) >= 11 is 1.80. The van der Waals surface area contributed by atoms with Crippen molar-refractivity contribution < 1.29 is 26.4 Å². The minimum Gasteiger partial charge on any atom is -0.325 e. The largest absolute Gasteiger partial charge is 0.416 e. The summed E-state index contributed by atoms with van der Waals surface area (Å²) in [5.41, 5.74) is -0.854. The average Bonchev–Trinajstić information content (AvgIpc) is 2.36. The van der Waals surface area contributed by atoms with E-state index < -0.39 is 27.5 Å². The van der Waals surface area contributed by atoms with E-state index in [2.05, 4.69) is 5.32 Å². The number of carbonyl (C=O) groups is 1. The summed E-state index contributed by atoms with van der Waals surface area (Å²) in [6.45, 7) is 3.51. The van der Waals surface area contributed by atoms with Crippen LogP contribution in [0.2, 0.25) is 0 Å². The van der Waals surface area contributed by atoms with Gasteiger partial charge in [-0.15, -0.1) is 0 Å². The Labute approximate surface area is 146 Å². The predicted octanol–water partition coefficient (Wildman–Crippen LogP) is 3.71. The number of halogens is 4. The molecule has 0 radical (unpaired) electrons. The highest BCUT2D eigenvalue weighted by molar-refractivity contribution is 14.1. The molecule has 0 aromatic heterocycles. The number of hydrogen-bond donors (Lipinski definition) is 1. The maximum absolute atomic E-state index is 12.7. The standard InChI is InChI=1S/C14H17F3INO3S/c1-9(2)8-23(21,22)6-5-13(20)19-12-7-10(14(15,16)17)3-4-11(12)18/h3-4,7,9H,5-6,8H2,1-2H3,(H,19,20). The van der Waals surface area contributed by atoms with Crippen LogP contribution in [0.15, 0.2) is 18.2 Å². The molecule has 1 aromatic rings. The van der Waals surface area contributed by atoms with Crippen LogP contribution in [0.1, 0.15) is 25.8 Å². The van der Waals surface area contributed by atoms with E-state index in [9.17, 15) is 26.4 Å². The Kier molecular flexibility index (Phi) is 6.87. The second kappa shape index (κ2) is 7.82. The third kappa shape index (κ3) is 7.06. The molecule has 0 spiro atoms.